The topological polar surface area (TPSA) is 66.5 Å². The molecule has 7 heteroatoms. The number of halogens is 1. The minimum atomic E-state index is -3.76. The quantitative estimate of drug-likeness (QED) is 0.632. The second kappa shape index (κ2) is 8.68. The maximum Gasteiger partial charge on any atom is 0.264 e. The lowest BCUT2D eigenvalue weighted by atomic mass is 10.1. The van der Waals surface area contributed by atoms with Crippen molar-refractivity contribution in [3.63, 3.8) is 0 Å². The van der Waals surface area contributed by atoms with Gasteiger partial charge in [0.2, 0.25) is 0 Å². The van der Waals surface area contributed by atoms with Crippen molar-refractivity contribution in [3.05, 3.63) is 94.5 Å². The molecule has 0 aliphatic heterocycles. The number of rotatable bonds is 6. The highest BCUT2D eigenvalue weighted by molar-refractivity contribution is 7.92. The van der Waals surface area contributed by atoms with Crippen molar-refractivity contribution >= 4 is 33.2 Å². The molecule has 0 spiro atoms. The molecule has 1 N–H and O–H groups in total. The molecule has 3 aromatic rings. The second-order valence-electron chi connectivity index (χ2n) is 6.62. The summed E-state index contributed by atoms with van der Waals surface area (Å²) < 4.78 is 27.0. The summed E-state index contributed by atoms with van der Waals surface area (Å²) in [5, 5.41) is 3.06. The van der Waals surface area contributed by atoms with Gasteiger partial charge < -0.3 is 5.32 Å². The van der Waals surface area contributed by atoms with E-state index in [4.69, 9.17) is 11.6 Å². The van der Waals surface area contributed by atoms with Crippen LogP contribution in [0, 0.1) is 6.92 Å². The molecule has 150 valence electrons. The van der Waals surface area contributed by atoms with Gasteiger partial charge in [-0.25, -0.2) is 8.42 Å². The van der Waals surface area contributed by atoms with Crippen molar-refractivity contribution in [3.8, 4) is 0 Å². The van der Waals surface area contributed by atoms with E-state index < -0.39 is 10.0 Å². The Hall–Kier alpha value is -2.83. The highest BCUT2D eigenvalue weighted by Gasteiger charge is 2.22. The number of anilines is 1. The molecule has 0 radical (unpaired) electrons. The zero-order valence-corrected chi connectivity index (χ0v) is 17.7. The smallest absolute Gasteiger partial charge is 0.264 e. The van der Waals surface area contributed by atoms with Crippen molar-refractivity contribution in [2.45, 2.75) is 18.4 Å². The number of carbonyl (C=O) groups is 1. The fraction of sp³-hybridized carbons (Fsp3) is 0.136. The highest BCUT2D eigenvalue weighted by atomic mass is 35.5. The van der Waals surface area contributed by atoms with E-state index in [0.717, 1.165) is 15.4 Å². The van der Waals surface area contributed by atoms with Crippen LogP contribution in [0.1, 0.15) is 21.5 Å². The minimum absolute atomic E-state index is 0.177. The van der Waals surface area contributed by atoms with E-state index in [0.29, 0.717) is 12.2 Å². The van der Waals surface area contributed by atoms with E-state index in [2.05, 4.69) is 5.32 Å². The van der Waals surface area contributed by atoms with Crippen molar-refractivity contribution in [1.82, 2.24) is 5.32 Å². The van der Waals surface area contributed by atoms with E-state index in [1.54, 1.807) is 30.3 Å². The number of nitrogens with zero attached hydrogens (tertiary/aromatic N) is 1. The van der Waals surface area contributed by atoms with Gasteiger partial charge in [0.15, 0.2) is 0 Å². The Kier molecular flexibility index (Phi) is 6.25. The first kappa shape index (κ1) is 20.9. The maximum atomic E-state index is 12.9. The van der Waals surface area contributed by atoms with Crippen LogP contribution in [0.4, 0.5) is 5.69 Å². The number of hydrogen-bond acceptors (Lipinski definition) is 3. The van der Waals surface area contributed by atoms with Crippen LogP contribution in [0.2, 0.25) is 5.02 Å². The van der Waals surface area contributed by atoms with Crippen LogP contribution in [0.25, 0.3) is 0 Å². The third-order valence-corrected chi connectivity index (χ3v) is 6.66. The Balaban J connectivity index is 1.84. The standard InChI is InChI=1S/C22H21ClN2O3S/c1-16-8-11-19(12-9-16)29(27,28)25(2)18-10-13-21(23)20(14-18)22(26)24-15-17-6-4-3-5-7-17/h3-14H,15H2,1-2H3,(H,24,26). The van der Waals surface area contributed by atoms with Crippen molar-refractivity contribution in [1.29, 1.82) is 0 Å². The van der Waals surface area contributed by atoms with Crippen LogP contribution in [0.5, 0.6) is 0 Å². The maximum absolute atomic E-state index is 12.9. The molecule has 0 aromatic heterocycles. The van der Waals surface area contributed by atoms with Crippen LogP contribution in [0.3, 0.4) is 0 Å². The average Bonchev–Trinajstić information content (AvgIpc) is 2.73. The predicted molar refractivity (Wildman–Crippen MR) is 116 cm³/mol. The van der Waals surface area contributed by atoms with Crippen molar-refractivity contribution in [2.75, 3.05) is 11.4 Å². The normalized spacial score (nSPS) is 11.1. The largest absolute Gasteiger partial charge is 0.348 e. The van der Waals surface area contributed by atoms with Crippen LogP contribution < -0.4 is 9.62 Å². The number of carbonyl (C=O) groups excluding carboxylic acids is 1. The van der Waals surface area contributed by atoms with Crippen LogP contribution in [0.15, 0.2) is 77.7 Å². The summed E-state index contributed by atoms with van der Waals surface area (Å²) in [5.41, 5.74) is 2.48. The summed E-state index contributed by atoms with van der Waals surface area (Å²) >= 11 is 6.20. The van der Waals surface area contributed by atoms with Crippen molar-refractivity contribution < 1.29 is 13.2 Å². The Morgan fingerprint density at radius 2 is 1.66 bits per heavy atom. The fourth-order valence-corrected chi connectivity index (χ4v) is 4.15. The minimum Gasteiger partial charge on any atom is -0.348 e. The van der Waals surface area contributed by atoms with Gasteiger partial charge in [-0.1, -0.05) is 59.6 Å². The van der Waals surface area contributed by atoms with Gasteiger partial charge in [0.1, 0.15) is 0 Å². The number of amides is 1. The van der Waals surface area contributed by atoms with Gasteiger partial charge in [-0.15, -0.1) is 0 Å². The fourth-order valence-electron chi connectivity index (χ4n) is 2.76. The molecule has 0 saturated heterocycles. The Bertz CT molecular complexity index is 1110. The molecular weight excluding hydrogens is 408 g/mol. The SMILES string of the molecule is Cc1ccc(S(=O)(=O)N(C)c2ccc(Cl)c(C(=O)NCc3ccccc3)c2)cc1. The second-order valence-corrected chi connectivity index (χ2v) is 8.99. The molecule has 0 bridgehead atoms. The number of benzene rings is 3. The molecule has 3 aromatic carbocycles. The Labute approximate surface area is 176 Å². The number of aryl methyl sites for hydroxylation is 1. The first-order valence-corrected chi connectivity index (χ1v) is 10.8. The number of nitrogens with one attached hydrogen (secondary N) is 1. The van der Waals surface area contributed by atoms with Crippen LogP contribution in [-0.2, 0) is 16.6 Å². The lowest BCUT2D eigenvalue weighted by Crippen LogP contribution is -2.27. The third kappa shape index (κ3) is 4.78. The zero-order valence-electron chi connectivity index (χ0n) is 16.1. The van der Waals surface area contributed by atoms with Crippen LogP contribution in [-0.4, -0.2) is 21.4 Å². The molecule has 3 rings (SSSR count). The summed E-state index contributed by atoms with van der Waals surface area (Å²) in [6.07, 6.45) is 0. The monoisotopic (exact) mass is 428 g/mol. The zero-order chi connectivity index (χ0) is 21.0. The summed E-state index contributed by atoms with van der Waals surface area (Å²) in [4.78, 5) is 12.8. The van der Waals surface area contributed by atoms with Crippen LogP contribution >= 0.6 is 11.6 Å². The molecular formula is C22H21ClN2O3S. The number of sulfonamides is 1. The molecule has 0 saturated carbocycles. The van der Waals surface area contributed by atoms with Gasteiger partial charge in [0.05, 0.1) is 21.2 Å². The first-order chi connectivity index (χ1) is 13.8. The highest BCUT2D eigenvalue weighted by Crippen LogP contribution is 2.27. The van der Waals surface area contributed by atoms with Crippen molar-refractivity contribution in [2.24, 2.45) is 0 Å². The van der Waals surface area contributed by atoms with E-state index in [1.165, 1.54) is 19.2 Å². The summed E-state index contributed by atoms with van der Waals surface area (Å²) in [5.74, 6) is -0.373. The third-order valence-electron chi connectivity index (χ3n) is 4.53. The Morgan fingerprint density at radius 3 is 2.31 bits per heavy atom. The first-order valence-electron chi connectivity index (χ1n) is 8.96. The van der Waals surface area contributed by atoms with E-state index in [9.17, 15) is 13.2 Å². The summed E-state index contributed by atoms with van der Waals surface area (Å²) in [7, 11) is -2.31. The molecule has 0 unspecified atom stereocenters. The van der Waals surface area contributed by atoms with Gasteiger partial charge >= 0.3 is 0 Å². The molecule has 0 aliphatic rings. The molecule has 0 fully saturated rings. The predicted octanol–water partition coefficient (Wildman–Crippen LogP) is 4.40. The lowest BCUT2D eigenvalue weighted by molar-refractivity contribution is 0.0951. The molecule has 0 aliphatic carbocycles. The molecule has 29 heavy (non-hydrogen) atoms. The van der Waals surface area contributed by atoms with Gasteiger partial charge in [-0.3, -0.25) is 9.10 Å². The molecule has 0 heterocycles. The molecule has 0 atom stereocenters. The van der Waals surface area contributed by atoms with Gasteiger partial charge in [-0.2, -0.15) is 0 Å². The number of hydrogen-bond donors (Lipinski definition) is 1. The summed E-state index contributed by atoms with van der Waals surface area (Å²) in [6, 6.07) is 20.7. The van der Waals surface area contributed by atoms with Gasteiger partial charge in [0.25, 0.3) is 15.9 Å². The Morgan fingerprint density at radius 1 is 1.00 bits per heavy atom. The average molecular weight is 429 g/mol. The molecule has 1 amide bonds. The van der Waals surface area contributed by atoms with E-state index >= 15 is 0 Å². The van der Waals surface area contributed by atoms with E-state index in [-0.39, 0.29) is 21.4 Å². The summed E-state index contributed by atoms with van der Waals surface area (Å²) in [6.45, 7) is 2.23. The van der Waals surface area contributed by atoms with Gasteiger partial charge in [-0.05, 0) is 42.8 Å². The van der Waals surface area contributed by atoms with E-state index in [1.807, 2.05) is 37.3 Å². The lowest BCUT2D eigenvalue weighted by Gasteiger charge is -2.20. The molecule has 5 nitrogen and oxygen atoms in total. The van der Waals surface area contributed by atoms with Gasteiger partial charge in [0, 0.05) is 13.6 Å².